The first kappa shape index (κ1) is 23.4. The van der Waals surface area contributed by atoms with Crippen LogP contribution in [-0.2, 0) is 6.54 Å². The van der Waals surface area contributed by atoms with Crippen LogP contribution >= 0.6 is 0 Å². The Balaban J connectivity index is 1.93. The minimum absolute atomic E-state index is 0.0903. The largest absolute Gasteiger partial charge is 0.493 e. The zero-order valence-corrected chi connectivity index (χ0v) is 19.0. The van der Waals surface area contributed by atoms with Gasteiger partial charge in [0.15, 0.2) is 11.5 Å². The summed E-state index contributed by atoms with van der Waals surface area (Å²) in [5.41, 5.74) is 3.48. The Morgan fingerprint density at radius 1 is 1.18 bits per heavy atom. The molecule has 0 saturated heterocycles. The van der Waals surface area contributed by atoms with Gasteiger partial charge in [0.05, 0.1) is 31.0 Å². The van der Waals surface area contributed by atoms with Crippen molar-refractivity contribution in [3.63, 3.8) is 0 Å². The standard InChI is InChI=1S/C25H24F2N2O5/c1-4-29-12-15(9-14-10-19(32-2)23(34-25(26)27)20(11-14)33-3)22-17(13-29)21(24(30)31)16-7-5-6-8-18(16)28-22/h5-11,25H,4,12-13H2,1-3H3,(H,30,31)/b15-9+. The van der Waals surface area contributed by atoms with Gasteiger partial charge in [-0.1, -0.05) is 25.1 Å². The summed E-state index contributed by atoms with van der Waals surface area (Å²) in [7, 11) is 2.71. The number of ether oxygens (including phenoxy) is 3. The number of pyridine rings is 1. The van der Waals surface area contributed by atoms with Crippen LogP contribution in [0.3, 0.4) is 0 Å². The van der Waals surface area contributed by atoms with E-state index in [1.165, 1.54) is 14.2 Å². The highest BCUT2D eigenvalue weighted by atomic mass is 19.3. The predicted molar refractivity (Wildman–Crippen MR) is 124 cm³/mol. The molecule has 2 aromatic carbocycles. The average molecular weight is 470 g/mol. The number of alkyl halides is 2. The molecule has 0 amide bonds. The number of nitrogens with zero attached hydrogens (tertiary/aromatic N) is 2. The van der Waals surface area contributed by atoms with Gasteiger partial charge in [-0.05, 0) is 42.0 Å². The molecule has 0 spiro atoms. The number of benzene rings is 2. The van der Waals surface area contributed by atoms with Crippen molar-refractivity contribution in [2.45, 2.75) is 20.1 Å². The van der Waals surface area contributed by atoms with Gasteiger partial charge in [0, 0.05) is 24.0 Å². The maximum atomic E-state index is 12.9. The van der Waals surface area contributed by atoms with Crippen molar-refractivity contribution in [2.75, 3.05) is 27.3 Å². The second-order valence-corrected chi connectivity index (χ2v) is 7.74. The molecule has 1 aliphatic heterocycles. The summed E-state index contributed by atoms with van der Waals surface area (Å²) in [6.45, 7) is 0.656. The summed E-state index contributed by atoms with van der Waals surface area (Å²) in [5, 5.41) is 10.6. The molecule has 9 heteroatoms. The number of likely N-dealkylation sites (N-methyl/N-ethyl adjacent to an activating group) is 1. The maximum Gasteiger partial charge on any atom is 0.387 e. The summed E-state index contributed by atoms with van der Waals surface area (Å²) in [6, 6.07) is 10.3. The molecular formula is C25H24F2N2O5. The SMILES string of the molecule is CCN1C/C(=C\c2cc(OC)c(OC(F)F)c(OC)c2)c2nc3ccccc3c(C(=O)O)c2C1. The number of methoxy groups -OCH3 is 2. The first-order valence-corrected chi connectivity index (χ1v) is 10.6. The number of aromatic nitrogens is 1. The number of hydrogen-bond donors (Lipinski definition) is 1. The number of aromatic carboxylic acids is 1. The zero-order valence-electron chi connectivity index (χ0n) is 19.0. The quantitative estimate of drug-likeness (QED) is 0.525. The van der Waals surface area contributed by atoms with E-state index >= 15 is 0 Å². The van der Waals surface area contributed by atoms with Crippen molar-refractivity contribution < 1.29 is 32.9 Å². The first-order chi connectivity index (χ1) is 16.4. The molecule has 0 fully saturated rings. The lowest BCUT2D eigenvalue weighted by Crippen LogP contribution is -2.31. The van der Waals surface area contributed by atoms with E-state index in [0.717, 1.165) is 5.57 Å². The van der Waals surface area contributed by atoms with Crippen molar-refractivity contribution in [1.29, 1.82) is 0 Å². The summed E-state index contributed by atoms with van der Waals surface area (Å²) in [5.74, 6) is -1.03. The second-order valence-electron chi connectivity index (χ2n) is 7.74. The number of halogens is 2. The summed E-state index contributed by atoms with van der Waals surface area (Å²) in [6.07, 6.45) is 1.84. The molecule has 34 heavy (non-hydrogen) atoms. The average Bonchev–Trinajstić information content (AvgIpc) is 2.82. The van der Waals surface area contributed by atoms with E-state index in [2.05, 4.69) is 9.64 Å². The lowest BCUT2D eigenvalue weighted by Gasteiger charge is -2.30. The molecule has 1 N–H and O–H groups in total. The van der Waals surface area contributed by atoms with Crippen LogP contribution in [0.4, 0.5) is 8.78 Å². The maximum absolute atomic E-state index is 12.9. The molecule has 0 saturated carbocycles. The Hall–Kier alpha value is -3.72. The van der Waals surface area contributed by atoms with E-state index in [4.69, 9.17) is 14.5 Å². The third-order valence-corrected chi connectivity index (χ3v) is 5.76. The van der Waals surface area contributed by atoms with Crippen LogP contribution in [0.25, 0.3) is 22.6 Å². The smallest absolute Gasteiger partial charge is 0.387 e. The number of hydrogen-bond acceptors (Lipinski definition) is 6. The Bertz CT molecular complexity index is 1250. The van der Waals surface area contributed by atoms with Gasteiger partial charge in [-0.25, -0.2) is 9.78 Å². The van der Waals surface area contributed by atoms with Crippen LogP contribution in [0.15, 0.2) is 36.4 Å². The van der Waals surface area contributed by atoms with Gasteiger partial charge in [-0.2, -0.15) is 8.78 Å². The lowest BCUT2D eigenvalue weighted by molar-refractivity contribution is -0.0526. The number of carbonyl (C=O) groups is 1. The zero-order chi connectivity index (χ0) is 24.4. The molecule has 0 bridgehead atoms. The summed E-state index contributed by atoms with van der Waals surface area (Å²) < 4.78 is 40.9. The fourth-order valence-electron chi connectivity index (χ4n) is 4.24. The van der Waals surface area contributed by atoms with E-state index < -0.39 is 12.6 Å². The minimum atomic E-state index is -3.04. The topological polar surface area (TPSA) is 81.1 Å². The van der Waals surface area contributed by atoms with Crippen molar-refractivity contribution in [3.8, 4) is 17.2 Å². The van der Waals surface area contributed by atoms with Crippen LogP contribution in [0.5, 0.6) is 17.2 Å². The van der Waals surface area contributed by atoms with Crippen LogP contribution in [-0.4, -0.2) is 54.9 Å². The van der Waals surface area contributed by atoms with E-state index in [-0.39, 0.29) is 22.8 Å². The molecule has 3 aromatic rings. The van der Waals surface area contributed by atoms with E-state index in [0.29, 0.717) is 47.4 Å². The second kappa shape index (κ2) is 9.64. The first-order valence-electron chi connectivity index (χ1n) is 10.6. The number of fused-ring (bicyclic) bond motifs is 2. The van der Waals surface area contributed by atoms with Gasteiger partial charge >= 0.3 is 12.6 Å². The van der Waals surface area contributed by atoms with E-state index in [1.807, 2.05) is 19.1 Å². The van der Waals surface area contributed by atoms with Crippen LogP contribution < -0.4 is 14.2 Å². The Morgan fingerprint density at radius 2 is 1.85 bits per heavy atom. The fourth-order valence-corrected chi connectivity index (χ4v) is 4.24. The molecule has 0 unspecified atom stereocenters. The highest BCUT2D eigenvalue weighted by Crippen LogP contribution is 2.41. The van der Waals surface area contributed by atoms with Crippen molar-refractivity contribution >= 4 is 28.5 Å². The molecule has 1 aliphatic rings. The van der Waals surface area contributed by atoms with E-state index in [9.17, 15) is 18.7 Å². The molecule has 0 atom stereocenters. The minimum Gasteiger partial charge on any atom is -0.493 e. The van der Waals surface area contributed by atoms with Gasteiger partial charge in [-0.3, -0.25) is 4.90 Å². The number of carboxylic acid groups (broad SMARTS) is 1. The highest BCUT2D eigenvalue weighted by Gasteiger charge is 2.28. The van der Waals surface area contributed by atoms with Gasteiger partial charge in [-0.15, -0.1) is 0 Å². The highest BCUT2D eigenvalue weighted by molar-refractivity contribution is 6.06. The summed E-state index contributed by atoms with van der Waals surface area (Å²) in [4.78, 5) is 19.2. The normalized spacial score (nSPS) is 14.9. The molecular weight excluding hydrogens is 446 g/mol. The van der Waals surface area contributed by atoms with Crippen molar-refractivity contribution in [2.24, 2.45) is 0 Å². The lowest BCUT2D eigenvalue weighted by atomic mass is 9.92. The van der Waals surface area contributed by atoms with Crippen molar-refractivity contribution in [1.82, 2.24) is 9.88 Å². The number of carboxylic acids is 1. The van der Waals surface area contributed by atoms with Gasteiger partial charge in [0.1, 0.15) is 0 Å². The van der Waals surface area contributed by atoms with Gasteiger partial charge in [0.25, 0.3) is 0 Å². The van der Waals surface area contributed by atoms with E-state index in [1.54, 1.807) is 30.3 Å². The van der Waals surface area contributed by atoms with Crippen LogP contribution in [0.2, 0.25) is 0 Å². The van der Waals surface area contributed by atoms with Gasteiger partial charge in [0.2, 0.25) is 5.75 Å². The summed E-state index contributed by atoms with van der Waals surface area (Å²) >= 11 is 0. The number of para-hydroxylation sites is 1. The molecule has 178 valence electrons. The van der Waals surface area contributed by atoms with Crippen LogP contribution in [0, 0.1) is 0 Å². The van der Waals surface area contributed by atoms with Gasteiger partial charge < -0.3 is 19.3 Å². The fraction of sp³-hybridized carbons (Fsp3) is 0.280. The van der Waals surface area contributed by atoms with Crippen molar-refractivity contribution in [3.05, 3.63) is 58.8 Å². The molecule has 2 heterocycles. The molecule has 1 aromatic heterocycles. The monoisotopic (exact) mass is 470 g/mol. The Kier molecular flexibility index (Phi) is 6.65. The third-order valence-electron chi connectivity index (χ3n) is 5.76. The Labute approximate surface area is 195 Å². The number of rotatable bonds is 7. The Morgan fingerprint density at radius 3 is 2.44 bits per heavy atom. The molecule has 4 rings (SSSR count). The predicted octanol–water partition coefficient (Wildman–Crippen LogP) is 4.93. The molecule has 7 nitrogen and oxygen atoms in total. The third kappa shape index (κ3) is 4.38. The molecule has 0 aliphatic carbocycles. The van der Waals surface area contributed by atoms with Crippen LogP contribution in [0.1, 0.15) is 34.1 Å². The molecule has 0 radical (unpaired) electrons.